The van der Waals surface area contributed by atoms with Crippen LogP contribution in [0.1, 0.15) is 6.92 Å². The number of nitrogens with zero attached hydrogens (tertiary/aromatic N) is 1. The summed E-state index contributed by atoms with van der Waals surface area (Å²) in [6, 6.07) is 4.67. The van der Waals surface area contributed by atoms with Gasteiger partial charge in [0, 0.05) is 18.7 Å². The van der Waals surface area contributed by atoms with Crippen LogP contribution in [0.15, 0.2) is 41.3 Å². The number of nitro benzene ring substituents is 1. The molecule has 1 rings (SSSR count). The Morgan fingerprint density at radius 2 is 2.00 bits per heavy atom. The zero-order valence-electron chi connectivity index (χ0n) is 11.0. The lowest BCUT2D eigenvalue weighted by Crippen LogP contribution is -2.27. The molecule has 1 aromatic rings. The Labute approximate surface area is 117 Å². The van der Waals surface area contributed by atoms with Gasteiger partial charge in [0.25, 0.3) is 5.69 Å². The standard InChI is InChI=1S/C12H16N2O5S/c1-10(2)9-19-8-7-13-20(17,18)12-5-3-11(4-6-12)14(15)16/h3-6,13H,1,7-9H2,2H3. The second-order valence-electron chi connectivity index (χ2n) is 4.16. The fourth-order valence-corrected chi connectivity index (χ4v) is 2.34. The summed E-state index contributed by atoms with van der Waals surface area (Å²) in [5, 5.41) is 10.5. The van der Waals surface area contributed by atoms with Crippen LogP contribution in [0.25, 0.3) is 0 Å². The molecule has 0 fully saturated rings. The second kappa shape index (κ2) is 7.13. The van der Waals surface area contributed by atoms with Crippen molar-refractivity contribution in [2.45, 2.75) is 11.8 Å². The molecule has 110 valence electrons. The van der Waals surface area contributed by atoms with Gasteiger partial charge >= 0.3 is 0 Å². The van der Waals surface area contributed by atoms with Gasteiger partial charge in [0.2, 0.25) is 10.0 Å². The van der Waals surface area contributed by atoms with Crippen molar-refractivity contribution in [2.24, 2.45) is 0 Å². The van der Waals surface area contributed by atoms with E-state index >= 15 is 0 Å². The molecule has 1 N–H and O–H groups in total. The molecule has 0 amide bonds. The first-order chi connectivity index (χ1) is 9.33. The molecule has 0 unspecified atom stereocenters. The van der Waals surface area contributed by atoms with Crippen molar-refractivity contribution in [1.29, 1.82) is 0 Å². The van der Waals surface area contributed by atoms with E-state index in [9.17, 15) is 18.5 Å². The SMILES string of the molecule is C=C(C)COCCNS(=O)(=O)c1ccc([N+](=O)[O-])cc1. The van der Waals surface area contributed by atoms with Crippen LogP contribution in [0.5, 0.6) is 0 Å². The zero-order chi connectivity index (χ0) is 15.2. The van der Waals surface area contributed by atoms with E-state index in [0.717, 1.165) is 17.7 Å². The molecule has 1 aromatic carbocycles. The van der Waals surface area contributed by atoms with Crippen LogP contribution in [-0.4, -0.2) is 33.1 Å². The van der Waals surface area contributed by atoms with Crippen LogP contribution in [0.2, 0.25) is 0 Å². The third kappa shape index (κ3) is 5.08. The molecule has 0 radical (unpaired) electrons. The summed E-state index contributed by atoms with van der Waals surface area (Å²) in [5.41, 5.74) is 0.692. The van der Waals surface area contributed by atoms with Gasteiger partial charge in [-0.2, -0.15) is 0 Å². The van der Waals surface area contributed by atoms with Gasteiger partial charge in [0.1, 0.15) is 0 Å². The van der Waals surface area contributed by atoms with Gasteiger partial charge in [-0.1, -0.05) is 12.2 Å². The van der Waals surface area contributed by atoms with Crippen LogP contribution in [0.3, 0.4) is 0 Å². The Hall–Kier alpha value is -1.77. The Morgan fingerprint density at radius 3 is 2.50 bits per heavy atom. The highest BCUT2D eigenvalue weighted by atomic mass is 32.2. The van der Waals surface area contributed by atoms with Crippen LogP contribution in [0.4, 0.5) is 5.69 Å². The van der Waals surface area contributed by atoms with Crippen molar-refractivity contribution < 1.29 is 18.1 Å². The lowest BCUT2D eigenvalue weighted by molar-refractivity contribution is -0.384. The van der Waals surface area contributed by atoms with Crippen LogP contribution >= 0.6 is 0 Å². The van der Waals surface area contributed by atoms with Gasteiger partial charge in [0.15, 0.2) is 0 Å². The first-order valence-electron chi connectivity index (χ1n) is 5.79. The molecule has 0 atom stereocenters. The van der Waals surface area contributed by atoms with Gasteiger partial charge in [-0.25, -0.2) is 13.1 Å². The van der Waals surface area contributed by atoms with Gasteiger partial charge in [-0.15, -0.1) is 0 Å². The number of benzene rings is 1. The summed E-state index contributed by atoms with van der Waals surface area (Å²) < 4.78 is 31.2. The van der Waals surface area contributed by atoms with Crippen molar-refractivity contribution in [3.05, 3.63) is 46.5 Å². The monoisotopic (exact) mass is 300 g/mol. The predicted octanol–water partition coefficient (Wildman–Crippen LogP) is 1.47. The average molecular weight is 300 g/mol. The lowest BCUT2D eigenvalue weighted by atomic mass is 10.3. The maximum Gasteiger partial charge on any atom is 0.269 e. The average Bonchev–Trinajstić information content (AvgIpc) is 2.38. The second-order valence-corrected chi connectivity index (χ2v) is 5.93. The highest BCUT2D eigenvalue weighted by Crippen LogP contribution is 2.15. The molecule has 0 aliphatic rings. The zero-order valence-corrected chi connectivity index (χ0v) is 11.9. The fourth-order valence-electron chi connectivity index (χ4n) is 1.32. The number of nitrogens with one attached hydrogen (secondary N) is 1. The largest absolute Gasteiger partial charge is 0.376 e. The molecule has 0 aliphatic heterocycles. The molecule has 8 heteroatoms. The van der Waals surface area contributed by atoms with Crippen molar-refractivity contribution >= 4 is 15.7 Å². The third-order valence-corrected chi connectivity index (χ3v) is 3.72. The Bertz CT molecular complexity index is 580. The number of hydrogen-bond donors (Lipinski definition) is 1. The molecule has 0 heterocycles. The van der Waals surface area contributed by atoms with Gasteiger partial charge < -0.3 is 4.74 Å². The van der Waals surface area contributed by atoms with Gasteiger partial charge in [-0.3, -0.25) is 10.1 Å². The summed E-state index contributed by atoms with van der Waals surface area (Å²) in [5.74, 6) is 0. The Kier molecular flexibility index (Phi) is 5.81. The van der Waals surface area contributed by atoms with E-state index in [-0.39, 0.29) is 23.7 Å². The molecule has 0 aliphatic carbocycles. The van der Waals surface area contributed by atoms with E-state index in [1.54, 1.807) is 6.92 Å². The van der Waals surface area contributed by atoms with E-state index in [4.69, 9.17) is 4.74 Å². The van der Waals surface area contributed by atoms with E-state index in [0.29, 0.717) is 6.61 Å². The first-order valence-corrected chi connectivity index (χ1v) is 7.27. The normalized spacial score (nSPS) is 11.2. The first kappa shape index (κ1) is 16.3. The molecule has 20 heavy (non-hydrogen) atoms. The number of sulfonamides is 1. The van der Waals surface area contributed by atoms with Gasteiger partial charge in [-0.05, 0) is 19.1 Å². The lowest BCUT2D eigenvalue weighted by Gasteiger charge is -2.07. The van der Waals surface area contributed by atoms with Crippen molar-refractivity contribution in [3.63, 3.8) is 0 Å². The maximum atomic E-state index is 11.9. The molecular weight excluding hydrogens is 284 g/mol. The Balaban J connectivity index is 2.56. The van der Waals surface area contributed by atoms with E-state index in [2.05, 4.69) is 11.3 Å². The molecule has 7 nitrogen and oxygen atoms in total. The molecule has 0 spiro atoms. The molecule has 0 saturated carbocycles. The summed E-state index contributed by atoms with van der Waals surface area (Å²) in [6.45, 7) is 6.17. The minimum Gasteiger partial charge on any atom is -0.376 e. The topological polar surface area (TPSA) is 98.5 Å². The maximum absolute atomic E-state index is 11.9. The minimum atomic E-state index is -3.68. The van der Waals surface area contributed by atoms with E-state index in [1.165, 1.54) is 12.1 Å². The van der Waals surface area contributed by atoms with E-state index < -0.39 is 14.9 Å². The fraction of sp³-hybridized carbons (Fsp3) is 0.333. The van der Waals surface area contributed by atoms with Crippen LogP contribution in [0, 0.1) is 10.1 Å². The van der Waals surface area contributed by atoms with E-state index in [1.807, 2.05) is 0 Å². The number of non-ortho nitro benzene ring substituents is 1. The smallest absolute Gasteiger partial charge is 0.269 e. The quantitative estimate of drug-likeness (QED) is 0.339. The van der Waals surface area contributed by atoms with Crippen molar-refractivity contribution in [1.82, 2.24) is 4.72 Å². The van der Waals surface area contributed by atoms with Gasteiger partial charge in [0.05, 0.1) is 23.0 Å². The summed E-state index contributed by atoms with van der Waals surface area (Å²) in [7, 11) is -3.68. The minimum absolute atomic E-state index is 0.0250. The van der Waals surface area contributed by atoms with Crippen molar-refractivity contribution in [3.8, 4) is 0 Å². The third-order valence-electron chi connectivity index (χ3n) is 2.24. The predicted molar refractivity (Wildman–Crippen MR) is 73.9 cm³/mol. The highest BCUT2D eigenvalue weighted by Gasteiger charge is 2.15. The van der Waals surface area contributed by atoms with Crippen LogP contribution < -0.4 is 4.72 Å². The summed E-state index contributed by atoms with van der Waals surface area (Å²) in [6.07, 6.45) is 0. The number of rotatable bonds is 8. The summed E-state index contributed by atoms with van der Waals surface area (Å²) >= 11 is 0. The number of ether oxygens (including phenoxy) is 1. The highest BCUT2D eigenvalue weighted by molar-refractivity contribution is 7.89. The summed E-state index contributed by atoms with van der Waals surface area (Å²) in [4.78, 5) is 9.86. The molecule has 0 saturated heterocycles. The van der Waals surface area contributed by atoms with Crippen molar-refractivity contribution in [2.75, 3.05) is 19.8 Å². The number of hydrogen-bond acceptors (Lipinski definition) is 5. The molecular formula is C12H16N2O5S. The molecule has 0 bridgehead atoms. The van der Waals surface area contributed by atoms with Crippen LogP contribution in [-0.2, 0) is 14.8 Å². The Morgan fingerprint density at radius 1 is 1.40 bits per heavy atom. The molecule has 0 aromatic heterocycles. The number of nitro groups is 1.